The van der Waals surface area contributed by atoms with Gasteiger partial charge < -0.3 is 15.2 Å². The van der Waals surface area contributed by atoms with Crippen molar-refractivity contribution >= 4 is 5.97 Å². The fraction of sp³-hybridized carbons (Fsp3) is 0.833. The third-order valence-electron chi connectivity index (χ3n) is 1.42. The summed E-state index contributed by atoms with van der Waals surface area (Å²) in [6.45, 7) is 0.727. The quantitative estimate of drug-likeness (QED) is 0.420. The molecule has 0 saturated carbocycles. The molecule has 1 unspecified atom stereocenters. The standard InChI is InChI=1S/C6H11NO3/c1-9-6(8)5(7)2-4-3-10-4/h4-5H,2-3,7H2,1H3/t4?,5-/m0/s1. The summed E-state index contributed by atoms with van der Waals surface area (Å²) in [4.78, 5) is 10.7. The molecule has 0 amide bonds. The maximum atomic E-state index is 10.7. The molecule has 0 aromatic carbocycles. The van der Waals surface area contributed by atoms with Crippen molar-refractivity contribution in [1.29, 1.82) is 0 Å². The molecule has 0 aliphatic carbocycles. The average Bonchev–Trinajstić information content (AvgIpc) is 2.70. The second-order valence-corrected chi connectivity index (χ2v) is 2.32. The lowest BCUT2D eigenvalue weighted by Gasteiger charge is -2.05. The normalized spacial score (nSPS) is 25.6. The van der Waals surface area contributed by atoms with Crippen molar-refractivity contribution in [3.05, 3.63) is 0 Å². The number of carbonyl (C=O) groups is 1. The Labute approximate surface area is 59.3 Å². The van der Waals surface area contributed by atoms with Crippen LogP contribution in [0.25, 0.3) is 0 Å². The van der Waals surface area contributed by atoms with E-state index in [9.17, 15) is 4.79 Å². The second-order valence-electron chi connectivity index (χ2n) is 2.32. The van der Waals surface area contributed by atoms with Crippen molar-refractivity contribution in [3.63, 3.8) is 0 Å². The highest BCUT2D eigenvalue weighted by Gasteiger charge is 2.28. The number of hydrogen-bond acceptors (Lipinski definition) is 4. The molecule has 4 nitrogen and oxygen atoms in total. The third-order valence-corrected chi connectivity index (χ3v) is 1.42. The van der Waals surface area contributed by atoms with Crippen LogP contribution in [0.5, 0.6) is 0 Å². The van der Waals surface area contributed by atoms with Gasteiger partial charge in [-0.2, -0.15) is 0 Å². The molecular formula is C6H11NO3. The van der Waals surface area contributed by atoms with Crippen LogP contribution in [0.3, 0.4) is 0 Å². The molecule has 1 heterocycles. The smallest absolute Gasteiger partial charge is 0.322 e. The van der Waals surface area contributed by atoms with Gasteiger partial charge in [0.1, 0.15) is 6.04 Å². The van der Waals surface area contributed by atoms with Gasteiger partial charge in [-0.25, -0.2) is 0 Å². The van der Waals surface area contributed by atoms with Gasteiger partial charge in [-0.15, -0.1) is 0 Å². The number of esters is 1. The topological polar surface area (TPSA) is 64.8 Å². The summed E-state index contributed by atoms with van der Waals surface area (Å²) < 4.78 is 9.31. The van der Waals surface area contributed by atoms with Gasteiger partial charge in [0.25, 0.3) is 0 Å². The number of epoxide rings is 1. The SMILES string of the molecule is COC(=O)[C@@H](N)CC1CO1. The molecule has 58 valence electrons. The number of rotatable bonds is 3. The van der Waals surface area contributed by atoms with Crippen LogP contribution in [0, 0.1) is 0 Å². The van der Waals surface area contributed by atoms with Crippen molar-refractivity contribution in [1.82, 2.24) is 0 Å². The van der Waals surface area contributed by atoms with Crippen LogP contribution in [-0.4, -0.2) is 31.8 Å². The Balaban J connectivity index is 2.18. The van der Waals surface area contributed by atoms with Gasteiger partial charge in [0.2, 0.25) is 0 Å². The molecular weight excluding hydrogens is 134 g/mol. The lowest BCUT2D eigenvalue weighted by molar-refractivity contribution is -0.142. The van der Waals surface area contributed by atoms with E-state index in [1.165, 1.54) is 7.11 Å². The number of hydrogen-bond donors (Lipinski definition) is 1. The van der Waals surface area contributed by atoms with E-state index in [1.807, 2.05) is 0 Å². The molecule has 1 saturated heterocycles. The van der Waals surface area contributed by atoms with Crippen LogP contribution in [0.1, 0.15) is 6.42 Å². The Bertz CT molecular complexity index is 133. The number of nitrogens with two attached hydrogens (primary N) is 1. The van der Waals surface area contributed by atoms with Gasteiger partial charge in [0.05, 0.1) is 19.8 Å². The first-order chi connectivity index (χ1) is 4.74. The Morgan fingerprint density at radius 3 is 3.00 bits per heavy atom. The fourth-order valence-electron chi connectivity index (χ4n) is 0.735. The van der Waals surface area contributed by atoms with E-state index in [4.69, 9.17) is 10.5 Å². The van der Waals surface area contributed by atoms with E-state index in [0.717, 1.165) is 6.61 Å². The molecule has 10 heavy (non-hydrogen) atoms. The highest BCUT2D eigenvalue weighted by Crippen LogP contribution is 2.14. The molecule has 2 atom stereocenters. The Morgan fingerprint density at radius 1 is 2.00 bits per heavy atom. The van der Waals surface area contributed by atoms with E-state index in [2.05, 4.69) is 4.74 Å². The number of methoxy groups -OCH3 is 1. The predicted molar refractivity (Wildman–Crippen MR) is 34.3 cm³/mol. The maximum Gasteiger partial charge on any atom is 0.322 e. The lowest BCUT2D eigenvalue weighted by atomic mass is 10.2. The van der Waals surface area contributed by atoms with Crippen LogP contribution in [-0.2, 0) is 14.3 Å². The van der Waals surface area contributed by atoms with E-state index in [0.29, 0.717) is 6.42 Å². The molecule has 1 rings (SSSR count). The minimum absolute atomic E-state index is 0.189. The van der Waals surface area contributed by atoms with Gasteiger partial charge in [-0.1, -0.05) is 0 Å². The van der Waals surface area contributed by atoms with Gasteiger partial charge in [-0.3, -0.25) is 4.79 Å². The Morgan fingerprint density at radius 2 is 2.60 bits per heavy atom. The molecule has 1 fully saturated rings. The Kier molecular flexibility index (Phi) is 2.24. The van der Waals surface area contributed by atoms with E-state index in [-0.39, 0.29) is 12.1 Å². The van der Waals surface area contributed by atoms with Crippen molar-refractivity contribution in [2.45, 2.75) is 18.6 Å². The van der Waals surface area contributed by atoms with Gasteiger partial charge >= 0.3 is 5.97 Å². The average molecular weight is 145 g/mol. The van der Waals surface area contributed by atoms with E-state index < -0.39 is 6.04 Å². The van der Waals surface area contributed by atoms with E-state index >= 15 is 0 Å². The minimum atomic E-state index is -0.516. The molecule has 0 spiro atoms. The largest absolute Gasteiger partial charge is 0.468 e. The molecule has 4 heteroatoms. The summed E-state index contributed by atoms with van der Waals surface area (Å²) in [5.41, 5.74) is 5.41. The molecule has 1 aliphatic heterocycles. The first kappa shape index (κ1) is 7.50. The molecule has 0 aromatic rings. The third kappa shape index (κ3) is 1.97. The van der Waals surface area contributed by atoms with Crippen LogP contribution < -0.4 is 5.73 Å². The zero-order valence-corrected chi connectivity index (χ0v) is 5.87. The zero-order valence-electron chi connectivity index (χ0n) is 5.87. The lowest BCUT2D eigenvalue weighted by Crippen LogP contribution is -2.32. The maximum absolute atomic E-state index is 10.7. The van der Waals surface area contributed by atoms with Crippen LogP contribution in [0.2, 0.25) is 0 Å². The monoisotopic (exact) mass is 145 g/mol. The van der Waals surface area contributed by atoms with Crippen molar-refractivity contribution in [3.8, 4) is 0 Å². The Hall–Kier alpha value is -0.610. The number of carbonyl (C=O) groups excluding carboxylic acids is 1. The predicted octanol–water partition coefficient (Wildman–Crippen LogP) is -0.724. The second kappa shape index (κ2) is 2.98. The fourth-order valence-corrected chi connectivity index (χ4v) is 0.735. The van der Waals surface area contributed by atoms with Gasteiger partial charge in [0.15, 0.2) is 0 Å². The van der Waals surface area contributed by atoms with Crippen LogP contribution in [0.4, 0.5) is 0 Å². The highest BCUT2D eigenvalue weighted by molar-refractivity contribution is 5.75. The summed E-state index contributed by atoms with van der Waals surface area (Å²) in [5.74, 6) is -0.365. The molecule has 0 bridgehead atoms. The van der Waals surface area contributed by atoms with Gasteiger partial charge in [0, 0.05) is 6.42 Å². The summed E-state index contributed by atoms with van der Waals surface area (Å²) in [6.07, 6.45) is 0.765. The van der Waals surface area contributed by atoms with E-state index in [1.54, 1.807) is 0 Å². The summed E-state index contributed by atoms with van der Waals surface area (Å²) in [6, 6.07) is -0.516. The van der Waals surface area contributed by atoms with Crippen LogP contribution >= 0.6 is 0 Å². The highest BCUT2D eigenvalue weighted by atomic mass is 16.6. The zero-order chi connectivity index (χ0) is 7.56. The summed E-state index contributed by atoms with van der Waals surface area (Å²) >= 11 is 0. The number of ether oxygens (including phenoxy) is 2. The molecule has 0 radical (unpaired) electrons. The minimum Gasteiger partial charge on any atom is -0.468 e. The van der Waals surface area contributed by atoms with Crippen molar-refractivity contribution in [2.75, 3.05) is 13.7 Å². The van der Waals surface area contributed by atoms with Gasteiger partial charge in [-0.05, 0) is 0 Å². The van der Waals surface area contributed by atoms with Crippen molar-refractivity contribution < 1.29 is 14.3 Å². The summed E-state index contributed by atoms with van der Waals surface area (Å²) in [5, 5.41) is 0. The summed E-state index contributed by atoms with van der Waals surface area (Å²) in [7, 11) is 1.33. The first-order valence-electron chi connectivity index (χ1n) is 3.19. The first-order valence-corrected chi connectivity index (χ1v) is 3.19. The molecule has 0 aromatic heterocycles. The van der Waals surface area contributed by atoms with Crippen molar-refractivity contribution in [2.24, 2.45) is 5.73 Å². The molecule has 1 aliphatic rings. The van der Waals surface area contributed by atoms with Crippen LogP contribution in [0.15, 0.2) is 0 Å². The molecule has 2 N–H and O–H groups in total.